The van der Waals surface area contributed by atoms with Gasteiger partial charge in [0.15, 0.2) is 0 Å². The van der Waals surface area contributed by atoms with Crippen LogP contribution in [-0.4, -0.2) is 18.5 Å². The van der Waals surface area contributed by atoms with Gasteiger partial charge in [0, 0.05) is 28.3 Å². The van der Waals surface area contributed by atoms with Crippen LogP contribution in [0, 0.1) is 10.5 Å². The summed E-state index contributed by atoms with van der Waals surface area (Å²) in [5.41, 5.74) is 7.93. The Bertz CT molecular complexity index is 406. The van der Waals surface area contributed by atoms with E-state index in [9.17, 15) is 4.79 Å². The van der Waals surface area contributed by atoms with E-state index in [4.69, 9.17) is 5.73 Å². The number of carbonyl (C=O) groups is 1. The third kappa shape index (κ3) is 2.01. The van der Waals surface area contributed by atoms with E-state index in [1.54, 1.807) is 4.90 Å². The highest BCUT2D eigenvalue weighted by molar-refractivity contribution is 14.1. The fraction of sp³-hybridized carbons (Fsp3) is 0.364. The Kier molecular flexibility index (Phi) is 2.97. The van der Waals surface area contributed by atoms with Crippen molar-refractivity contribution >= 4 is 34.2 Å². The highest BCUT2D eigenvalue weighted by Gasteiger charge is 2.28. The van der Waals surface area contributed by atoms with Crippen molar-refractivity contribution in [3.8, 4) is 0 Å². The Morgan fingerprint density at radius 3 is 2.87 bits per heavy atom. The third-order valence-electron chi connectivity index (χ3n) is 2.68. The van der Waals surface area contributed by atoms with Gasteiger partial charge in [0.25, 0.3) is 0 Å². The zero-order valence-electron chi connectivity index (χ0n) is 8.53. The zero-order chi connectivity index (χ0) is 11.0. The molecular weight excluding hydrogens is 303 g/mol. The van der Waals surface area contributed by atoms with Crippen LogP contribution in [0.4, 0.5) is 5.69 Å². The van der Waals surface area contributed by atoms with Crippen molar-refractivity contribution in [2.75, 3.05) is 11.4 Å². The average Bonchev–Trinajstić information content (AvgIpc) is 2.50. The molecule has 1 unspecified atom stereocenters. The predicted octanol–water partition coefficient (Wildman–Crippen LogP) is 1.66. The SMILES string of the molecule is Cc1c(I)cccc1N1CC(N)CC1=O. The lowest BCUT2D eigenvalue weighted by Crippen LogP contribution is -2.28. The lowest BCUT2D eigenvalue weighted by Gasteiger charge is -2.19. The number of benzene rings is 1. The van der Waals surface area contributed by atoms with Gasteiger partial charge in [-0.05, 0) is 47.2 Å². The molecule has 0 aliphatic carbocycles. The molecule has 1 aliphatic heterocycles. The van der Waals surface area contributed by atoms with E-state index in [0.29, 0.717) is 13.0 Å². The van der Waals surface area contributed by atoms with E-state index in [0.717, 1.165) is 11.3 Å². The second-order valence-corrected chi connectivity index (χ2v) is 5.01. The summed E-state index contributed by atoms with van der Waals surface area (Å²) in [6, 6.07) is 5.98. The Morgan fingerprint density at radius 2 is 2.27 bits per heavy atom. The predicted molar refractivity (Wildman–Crippen MR) is 68.8 cm³/mol. The van der Waals surface area contributed by atoms with Gasteiger partial charge >= 0.3 is 0 Å². The maximum Gasteiger partial charge on any atom is 0.228 e. The Labute approximate surface area is 103 Å². The molecule has 80 valence electrons. The first-order chi connectivity index (χ1) is 7.09. The first-order valence-electron chi connectivity index (χ1n) is 4.90. The number of rotatable bonds is 1. The highest BCUT2D eigenvalue weighted by Crippen LogP contribution is 2.27. The van der Waals surface area contributed by atoms with Crippen molar-refractivity contribution in [3.63, 3.8) is 0 Å². The molecule has 2 rings (SSSR count). The molecule has 4 heteroatoms. The van der Waals surface area contributed by atoms with Gasteiger partial charge in [-0.15, -0.1) is 0 Å². The fourth-order valence-corrected chi connectivity index (χ4v) is 2.34. The monoisotopic (exact) mass is 316 g/mol. The zero-order valence-corrected chi connectivity index (χ0v) is 10.7. The molecule has 0 radical (unpaired) electrons. The molecule has 0 spiro atoms. The second kappa shape index (κ2) is 4.09. The second-order valence-electron chi connectivity index (χ2n) is 3.85. The van der Waals surface area contributed by atoms with Crippen LogP contribution in [0.2, 0.25) is 0 Å². The molecule has 1 atom stereocenters. The van der Waals surface area contributed by atoms with Crippen molar-refractivity contribution in [1.29, 1.82) is 0 Å². The number of hydrogen-bond acceptors (Lipinski definition) is 2. The molecule has 0 bridgehead atoms. The number of carbonyl (C=O) groups excluding carboxylic acids is 1. The maximum absolute atomic E-state index is 11.7. The lowest BCUT2D eigenvalue weighted by atomic mass is 10.2. The van der Waals surface area contributed by atoms with E-state index in [-0.39, 0.29) is 11.9 Å². The molecule has 1 saturated heterocycles. The summed E-state index contributed by atoms with van der Waals surface area (Å²) in [6.07, 6.45) is 0.463. The van der Waals surface area contributed by atoms with Crippen LogP contribution in [0.5, 0.6) is 0 Å². The topological polar surface area (TPSA) is 46.3 Å². The Hall–Kier alpha value is -0.620. The molecule has 1 aliphatic rings. The highest BCUT2D eigenvalue weighted by atomic mass is 127. The van der Waals surface area contributed by atoms with E-state index in [2.05, 4.69) is 22.6 Å². The lowest BCUT2D eigenvalue weighted by molar-refractivity contribution is -0.117. The molecule has 15 heavy (non-hydrogen) atoms. The number of nitrogens with two attached hydrogens (primary N) is 1. The molecule has 1 amide bonds. The summed E-state index contributed by atoms with van der Waals surface area (Å²) in [6.45, 7) is 2.67. The summed E-state index contributed by atoms with van der Waals surface area (Å²) in [7, 11) is 0. The van der Waals surface area contributed by atoms with E-state index in [1.165, 1.54) is 3.57 Å². The van der Waals surface area contributed by atoms with Crippen LogP contribution in [0.15, 0.2) is 18.2 Å². The number of halogens is 1. The van der Waals surface area contributed by atoms with Crippen molar-refractivity contribution < 1.29 is 4.79 Å². The quantitative estimate of drug-likeness (QED) is 0.801. The summed E-state index contributed by atoms with van der Waals surface area (Å²) >= 11 is 2.28. The van der Waals surface area contributed by atoms with Crippen molar-refractivity contribution in [2.45, 2.75) is 19.4 Å². The smallest absolute Gasteiger partial charge is 0.228 e. The molecule has 1 fully saturated rings. The van der Waals surface area contributed by atoms with E-state index < -0.39 is 0 Å². The standard InChI is InChI=1S/C11H13IN2O/c1-7-9(12)3-2-4-10(7)14-6-8(13)5-11(14)15/h2-4,8H,5-6,13H2,1H3. The van der Waals surface area contributed by atoms with Gasteiger partial charge < -0.3 is 10.6 Å². The van der Waals surface area contributed by atoms with Gasteiger partial charge in [0.05, 0.1) is 0 Å². The Morgan fingerprint density at radius 1 is 1.53 bits per heavy atom. The molecule has 1 aromatic carbocycles. The van der Waals surface area contributed by atoms with Crippen LogP contribution in [0.25, 0.3) is 0 Å². The molecular formula is C11H13IN2O. The summed E-state index contributed by atoms with van der Waals surface area (Å²) in [5.74, 6) is 0.132. The van der Waals surface area contributed by atoms with Crippen LogP contribution in [0.1, 0.15) is 12.0 Å². The minimum Gasteiger partial charge on any atom is -0.326 e. The van der Waals surface area contributed by atoms with Gasteiger partial charge in [-0.2, -0.15) is 0 Å². The maximum atomic E-state index is 11.7. The molecule has 1 aromatic rings. The Balaban J connectivity index is 2.38. The molecule has 3 nitrogen and oxygen atoms in total. The first kappa shape index (κ1) is 10.9. The van der Waals surface area contributed by atoms with Gasteiger partial charge in [-0.3, -0.25) is 4.79 Å². The van der Waals surface area contributed by atoms with Gasteiger partial charge in [-0.25, -0.2) is 0 Å². The minimum absolute atomic E-state index is 0.0187. The van der Waals surface area contributed by atoms with Crippen LogP contribution in [0.3, 0.4) is 0 Å². The number of hydrogen-bond donors (Lipinski definition) is 1. The molecule has 2 N–H and O–H groups in total. The van der Waals surface area contributed by atoms with Gasteiger partial charge in [0.1, 0.15) is 0 Å². The van der Waals surface area contributed by atoms with Gasteiger partial charge in [0.2, 0.25) is 5.91 Å². The largest absolute Gasteiger partial charge is 0.326 e. The summed E-state index contributed by atoms with van der Waals surface area (Å²) in [5, 5.41) is 0. The number of anilines is 1. The normalized spacial score (nSPS) is 21.1. The van der Waals surface area contributed by atoms with Crippen molar-refractivity contribution in [3.05, 3.63) is 27.3 Å². The van der Waals surface area contributed by atoms with Crippen molar-refractivity contribution in [2.24, 2.45) is 5.73 Å². The molecule has 0 aromatic heterocycles. The fourth-order valence-electron chi connectivity index (χ4n) is 1.86. The van der Waals surface area contributed by atoms with Crippen molar-refractivity contribution in [1.82, 2.24) is 0 Å². The summed E-state index contributed by atoms with van der Waals surface area (Å²) < 4.78 is 1.18. The minimum atomic E-state index is -0.0187. The summed E-state index contributed by atoms with van der Waals surface area (Å²) in [4.78, 5) is 13.5. The van der Waals surface area contributed by atoms with E-state index in [1.807, 2.05) is 25.1 Å². The van der Waals surface area contributed by atoms with Crippen LogP contribution in [-0.2, 0) is 4.79 Å². The van der Waals surface area contributed by atoms with Crippen LogP contribution < -0.4 is 10.6 Å². The van der Waals surface area contributed by atoms with E-state index >= 15 is 0 Å². The first-order valence-corrected chi connectivity index (χ1v) is 5.98. The molecule has 0 saturated carbocycles. The average molecular weight is 316 g/mol. The number of amides is 1. The number of nitrogens with zero attached hydrogens (tertiary/aromatic N) is 1. The van der Waals surface area contributed by atoms with Crippen LogP contribution >= 0.6 is 22.6 Å². The van der Waals surface area contributed by atoms with Gasteiger partial charge in [-0.1, -0.05) is 6.07 Å². The third-order valence-corrected chi connectivity index (χ3v) is 3.85. The molecule has 1 heterocycles.